The molecule has 0 aromatic carbocycles. The van der Waals surface area contributed by atoms with Crippen LogP contribution in [0.3, 0.4) is 0 Å². The maximum Gasteiger partial charge on any atom is 0.0659 e. The van der Waals surface area contributed by atoms with Crippen molar-refractivity contribution in [2.75, 3.05) is 0 Å². The van der Waals surface area contributed by atoms with Crippen molar-refractivity contribution in [2.45, 2.75) is 58.0 Å². The van der Waals surface area contributed by atoms with Crippen molar-refractivity contribution in [3.63, 3.8) is 0 Å². The van der Waals surface area contributed by atoms with Gasteiger partial charge in [-0.3, -0.25) is 4.68 Å². The van der Waals surface area contributed by atoms with Crippen LogP contribution < -0.4 is 5.73 Å². The first-order valence-corrected chi connectivity index (χ1v) is 5.98. The molecule has 2 rings (SSSR count). The first kappa shape index (κ1) is 10.7. The Balaban J connectivity index is 2.32. The largest absolute Gasteiger partial charge is 0.323 e. The average Bonchev–Trinajstić information content (AvgIpc) is 2.96. The topological polar surface area (TPSA) is 43.8 Å². The summed E-state index contributed by atoms with van der Waals surface area (Å²) in [7, 11) is 0. The van der Waals surface area contributed by atoms with Crippen LogP contribution in [0.2, 0.25) is 0 Å². The zero-order chi connectivity index (χ0) is 11.0. The van der Waals surface area contributed by atoms with Crippen LogP contribution in [0.4, 0.5) is 0 Å². The van der Waals surface area contributed by atoms with Gasteiger partial charge in [0, 0.05) is 18.0 Å². The Kier molecular flexibility index (Phi) is 2.83. The van der Waals surface area contributed by atoms with Gasteiger partial charge in [-0.2, -0.15) is 5.10 Å². The van der Waals surface area contributed by atoms with E-state index in [0.29, 0.717) is 12.0 Å². The Morgan fingerprint density at radius 3 is 2.67 bits per heavy atom. The summed E-state index contributed by atoms with van der Waals surface area (Å²) >= 11 is 0. The molecule has 1 aliphatic carbocycles. The summed E-state index contributed by atoms with van der Waals surface area (Å²) in [6.45, 7) is 6.43. The Labute approximate surface area is 91.7 Å². The molecule has 0 radical (unpaired) electrons. The average molecular weight is 207 g/mol. The lowest BCUT2D eigenvalue weighted by Gasteiger charge is -2.15. The number of nitrogens with zero attached hydrogens (tertiary/aromatic N) is 2. The minimum absolute atomic E-state index is 0.0824. The van der Waals surface area contributed by atoms with Crippen molar-refractivity contribution in [3.8, 4) is 0 Å². The molecule has 1 aromatic heterocycles. The summed E-state index contributed by atoms with van der Waals surface area (Å²) in [5.41, 5.74) is 8.42. The fraction of sp³-hybridized carbons (Fsp3) is 0.750. The highest BCUT2D eigenvalue weighted by Gasteiger charge is 2.28. The van der Waals surface area contributed by atoms with Gasteiger partial charge in [0.1, 0.15) is 0 Å². The van der Waals surface area contributed by atoms with Crippen LogP contribution in [-0.2, 0) is 0 Å². The summed E-state index contributed by atoms with van der Waals surface area (Å²) in [6.07, 6.45) is 3.71. The van der Waals surface area contributed by atoms with Crippen LogP contribution in [-0.4, -0.2) is 9.78 Å². The third-order valence-corrected chi connectivity index (χ3v) is 3.25. The lowest BCUT2D eigenvalue weighted by atomic mass is 10.2. The van der Waals surface area contributed by atoms with E-state index < -0.39 is 0 Å². The van der Waals surface area contributed by atoms with E-state index in [2.05, 4.69) is 24.6 Å². The first-order chi connectivity index (χ1) is 7.13. The Morgan fingerprint density at radius 2 is 2.20 bits per heavy atom. The molecular formula is C12H21N3. The second kappa shape index (κ2) is 3.97. The second-order valence-corrected chi connectivity index (χ2v) is 4.76. The lowest BCUT2D eigenvalue weighted by Crippen LogP contribution is -2.16. The first-order valence-electron chi connectivity index (χ1n) is 5.98. The zero-order valence-corrected chi connectivity index (χ0v) is 9.90. The third-order valence-electron chi connectivity index (χ3n) is 3.25. The van der Waals surface area contributed by atoms with Crippen LogP contribution in [0.15, 0.2) is 6.07 Å². The molecule has 1 fully saturated rings. The van der Waals surface area contributed by atoms with Crippen molar-refractivity contribution in [1.29, 1.82) is 0 Å². The molecule has 2 atom stereocenters. The Hall–Kier alpha value is -0.830. The fourth-order valence-electron chi connectivity index (χ4n) is 1.87. The van der Waals surface area contributed by atoms with Crippen molar-refractivity contribution in [1.82, 2.24) is 9.78 Å². The number of hydrogen-bond donors (Lipinski definition) is 1. The Morgan fingerprint density at radius 1 is 1.53 bits per heavy atom. The van der Waals surface area contributed by atoms with Crippen LogP contribution in [0, 0.1) is 0 Å². The molecule has 1 unspecified atom stereocenters. The van der Waals surface area contributed by atoms with Crippen molar-refractivity contribution in [3.05, 3.63) is 17.5 Å². The molecule has 0 saturated heterocycles. The van der Waals surface area contributed by atoms with Gasteiger partial charge in [-0.1, -0.05) is 6.92 Å². The predicted molar refractivity (Wildman–Crippen MR) is 61.8 cm³/mol. The highest BCUT2D eigenvalue weighted by molar-refractivity contribution is 5.21. The minimum Gasteiger partial charge on any atom is -0.323 e. The van der Waals surface area contributed by atoms with Crippen molar-refractivity contribution in [2.24, 2.45) is 5.73 Å². The highest BCUT2D eigenvalue weighted by Crippen LogP contribution is 2.40. The normalized spacial score (nSPS) is 20.3. The van der Waals surface area contributed by atoms with E-state index in [1.165, 1.54) is 24.2 Å². The van der Waals surface area contributed by atoms with E-state index in [1.807, 2.05) is 6.92 Å². The van der Waals surface area contributed by atoms with Crippen LogP contribution in [0.25, 0.3) is 0 Å². The predicted octanol–water partition coefficient (Wildman–Crippen LogP) is 2.75. The summed E-state index contributed by atoms with van der Waals surface area (Å²) in [5, 5.41) is 4.70. The SMILES string of the molecule is CCC(C)n1nc(C2CC2)cc1[C@@H](C)N. The third kappa shape index (κ3) is 2.07. The van der Waals surface area contributed by atoms with Gasteiger partial charge in [0.25, 0.3) is 0 Å². The number of aromatic nitrogens is 2. The molecule has 3 nitrogen and oxygen atoms in total. The van der Waals surface area contributed by atoms with E-state index >= 15 is 0 Å². The van der Waals surface area contributed by atoms with Gasteiger partial charge in [-0.15, -0.1) is 0 Å². The van der Waals surface area contributed by atoms with Gasteiger partial charge in [0.15, 0.2) is 0 Å². The van der Waals surface area contributed by atoms with Gasteiger partial charge >= 0.3 is 0 Å². The van der Waals surface area contributed by atoms with E-state index in [-0.39, 0.29) is 6.04 Å². The van der Waals surface area contributed by atoms with E-state index in [0.717, 1.165) is 6.42 Å². The molecule has 1 aliphatic rings. The molecule has 2 N–H and O–H groups in total. The molecule has 1 heterocycles. The summed E-state index contributed by atoms with van der Waals surface area (Å²) in [6, 6.07) is 2.74. The molecule has 15 heavy (non-hydrogen) atoms. The summed E-state index contributed by atoms with van der Waals surface area (Å²) < 4.78 is 2.12. The number of nitrogens with two attached hydrogens (primary N) is 1. The van der Waals surface area contributed by atoms with Gasteiger partial charge < -0.3 is 5.73 Å². The summed E-state index contributed by atoms with van der Waals surface area (Å²) in [4.78, 5) is 0. The second-order valence-electron chi connectivity index (χ2n) is 4.76. The fourth-order valence-corrected chi connectivity index (χ4v) is 1.87. The molecule has 3 heteroatoms. The monoisotopic (exact) mass is 207 g/mol. The van der Waals surface area contributed by atoms with E-state index in [1.54, 1.807) is 0 Å². The van der Waals surface area contributed by atoms with Crippen molar-refractivity contribution >= 4 is 0 Å². The van der Waals surface area contributed by atoms with E-state index in [9.17, 15) is 0 Å². The molecule has 1 saturated carbocycles. The minimum atomic E-state index is 0.0824. The molecule has 0 bridgehead atoms. The van der Waals surface area contributed by atoms with Crippen LogP contribution >= 0.6 is 0 Å². The smallest absolute Gasteiger partial charge is 0.0659 e. The number of rotatable bonds is 4. The van der Waals surface area contributed by atoms with Crippen LogP contribution in [0.1, 0.15) is 69.4 Å². The quantitative estimate of drug-likeness (QED) is 0.825. The maximum atomic E-state index is 5.98. The van der Waals surface area contributed by atoms with Gasteiger partial charge in [0.05, 0.1) is 11.4 Å². The van der Waals surface area contributed by atoms with Crippen LogP contribution in [0.5, 0.6) is 0 Å². The molecule has 84 valence electrons. The molecule has 0 amide bonds. The molecule has 0 aliphatic heterocycles. The van der Waals surface area contributed by atoms with E-state index in [4.69, 9.17) is 10.8 Å². The standard InChI is InChI=1S/C12H21N3/c1-4-8(2)15-12(9(3)13)7-11(14-15)10-5-6-10/h7-10H,4-6,13H2,1-3H3/t8?,9-/m1/s1. The lowest BCUT2D eigenvalue weighted by molar-refractivity contribution is 0.446. The summed E-state index contributed by atoms with van der Waals surface area (Å²) in [5.74, 6) is 0.716. The molecule has 0 spiro atoms. The number of hydrogen-bond acceptors (Lipinski definition) is 2. The molecule has 1 aromatic rings. The zero-order valence-electron chi connectivity index (χ0n) is 9.90. The highest BCUT2D eigenvalue weighted by atomic mass is 15.3. The van der Waals surface area contributed by atoms with Gasteiger partial charge in [-0.05, 0) is 39.2 Å². The Bertz CT molecular complexity index is 337. The molecular weight excluding hydrogens is 186 g/mol. The van der Waals surface area contributed by atoms with Crippen molar-refractivity contribution < 1.29 is 0 Å². The van der Waals surface area contributed by atoms with Gasteiger partial charge in [-0.25, -0.2) is 0 Å². The van der Waals surface area contributed by atoms with Gasteiger partial charge in [0.2, 0.25) is 0 Å². The maximum absolute atomic E-state index is 5.98.